The fraction of sp³-hybridized carbons (Fsp3) is 0.222. The molecule has 0 aromatic heterocycles. The first-order chi connectivity index (χ1) is 11.1. The fourth-order valence-corrected chi connectivity index (χ4v) is 4.34. The second-order valence-electron chi connectivity index (χ2n) is 6.61. The fourth-order valence-electron chi connectivity index (χ4n) is 2.00. The zero-order valence-electron chi connectivity index (χ0n) is 14.2. The maximum absolute atomic E-state index is 12.7. The molecule has 0 spiro atoms. The maximum Gasteiger partial charge on any atom is 0.339 e. The minimum Gasteiger partial charge on any atom is -0.378 e. The Hall–Kier alpha value is -1.37. The predicted octanol–water partition coefficient (Wildman–Crippen LogP) is 5.34. The standard InChI is InChI=1S/C18H21BrO3SSi/c1-14-10-12-16(13-11-14)23(20,21)22-17(18(19)24(2,3)4)15-8-6-5-7-9-15/h5-13H,1-4H3/b18-17-. The van der Waals surface area contributed by atoms with Crippen LogP contribution in [0.15, 0.2) is 63.6 Å². The molecule has 2 rings (SSSR count). The Morgan fingerprint density at radius 1 is 0.958 bits per heavy atom. The van der Waals surface area contributed by atoms with Gasteiger partial charge in [-0.3, -0.25) is 0 Å². The van der Waals surface area contributed by atoms with Gasteiger partial charge >= 0.3 is 10.1 Å². The molecule has 0 aliphatic carbocycles. The highest BCUT2D eigenvalue weighted by molar-refractivity contribution is 9.12. The van der Waals surface area contributed by atoms with Crippen LogP contribution in [0.3, 0.4) is 0 Å². The Kier molecular flexibility index (Phi) is 5.73. The van der Waals surface area contributed by atoms with E-state index in [0.29, 0.717) is 5.76 Å². The van der Waals surface area contributed by atoms with Crippen molar-refractivity contribution in [3.8, 4) is 0 Å². The molecule has 0 N–H and O–H groups in total. The van der Waals surface area contributed by atoms with Crippen LogP contribution < -0.4 is 0 Å². The normalized spacial score (nSPS) is 13.4. The smallest absolute Gasteiger partial charge is 0.339 e. The van der Waals surface area contributed by atoms with Crippen molar-refractivity contribution in [2.75, 3.05) is 0 Å². The lowest BCUT2D eigenvalue weighted by Crippen LogP contribution is -2.23. The molecule has 0 bridgehead atoms. The topological polar surface area (TPSA) is 43.4 Å². The third kappa shape index (κ3) is 4.59. The quantitative estimate of drug-likeness (QED) is 0.369. The van der Waals surface area contributed by atoms with Gasteiger partial charge in [0.15, 0.2) is 5.76 Å². The molecule has 3 nitrogen and oxygen atoms in total. The summed E-state index contributed by atoms with van der Waals surface area (Å²) in [7, 11) is -5.70. The van der Waals surface area contributed by atoms with Gasteiger partial charge in [0, 0.05) is 9.67 Å². The van der Waals surface area contributed by atoms with Crippen LogP contribution in [0.1, 0.15) is 11.1 Å². The number of hydrogen-bond acceptors (Lipinski definition) is 3. The lowest BCUT2D eigenvalue weighted by Gasteiger charge is -2.20. The van der Waals surface area contributed by atoms with E-state index in [1.165, 1.54) is 0 Å². The molecule has 24 heavy (non-hydrogen) atoms. The summed E-state index contributed by atoms with van der Waals surface area (Å²) in [6.45, 7) is 8.29. The first-order valence-corrected chi connectivity index (χ1v) is 13.3. The summed E-state index contributed by atoms with van der Waals surface area (Å²) in [6.07, 6.45) is 0. The molecule has 0 fully saturated rings. The Bertz CT molecular complexity index is 836. The van der Waals surface area contributed by atoms with Crippen molar-refractivity contribution in [2.45, 2.75) is 31.5 Å². The van der Waals surface area contributed by atoms with Gasteiger partial charge in [-0.15, -0.1) is 0 Å². The minimum absolute atomic E-state index is 0.150. The van der Waals surface area contributed by atoms with Gasteiger partial charge < -0.3 is 4.18 Å². The van der Waals surface area contributed by atoms with Gasteiger partial charge in [0.1, 0.15) is 4.90 Å². The van der Waals surface area contributed by atoms with E-state index < -0.39 is 18.2 Å². The van der Waals surface area contributed by atoms with Crippen molar-refractivity contribution < 1.29 is 12.6 Å². The first-order valence-electron chi connectivity index (χ1n) is 7.58. The van der Waals surface area contributed by atoms with Gasteiger partial charge in [-0.2, -0.15) is 8.42 Å². The SMILES string of the molecule is Cc1ccc(S(=O)(=O)O/C(=C(/Br)[Si](C)(C)C)c2ccccc2)cc1. The average molecular weight is 425 g/mol. The highest BCUT2D eigenvalue weighted by Crippen LogP contribution is 2.33. The number of aryl methyl sites for hydroxylation is 1. The molecule has 0 atom stereocenters. The molecule has 0 amide bonds. The third-order valence-corrected chi connectivity index (χ3v) is 10.1. The van der Waals surface area contributed by atoms with Crippen LogP contribution in [0, 0.1) is 6.92 Å². The second kappa shape index (κ2) is 7.25. The molecule has 0 heterocycles. The lowest BCUT2D eigenvalue weighted by atomic mass is 10.2. The van der Waals surface area contributed by atoms with Crippen molar-refractivity contribution in [2.24, 2.45) is 0 Å². The zero-order chi connectivity index (χ0) is 18.0. The molecule has 0 aliphatic rings. The van der Waals surface area contributed by atoms with Gasteiger partial charge in [0.2, 0.25) is 0 Å². The summed E-state index contributed by atoms with van der Waals surface area (Å²) >= 11 is 3.59. The van der Waals surface area contributed by atoms with Crippen molar-refractivity contribution in [1.82, 2.24) is 0 Å². The predicted molar refractivity (Wildman–Crippen MR) is 105 cm³/mol. The summed E-state index contributed by atoms with van der Waals surface area (Å²) in [4.78, 5) is 0.150. The summed E-state index contributed by atoms with van der Waals surface area (Å²) in [5, 5.41) is 0. The van der Waals surface area contributed by atoms with Gasteiger partial charge in [0.25, 0.3) is 0 Å². The highest BCUT2D eigenvalue weighted by Gasteiger charge is 2.27. The summed E-state index contributed by atoms with van der Waals surface area (Å²) in [5.74, 6) is 0.371. The molecular weight excluding hydrogens is 404 g/mol. The largest absolute Gasteiger partial charge is 0.378 e. The van der Waals surface area contributed by atoms with Gasteiger partial charge in [0.05, 0.1) is 8.07 Å². The monoisotopic (exact) mass is 424 g/mol. The third-order valence-electron chi connectivity index (χ3n) is 3.40. The van der Waals surface area contributed by atoms with E-state index >= 15 is 0 Å². The van der Waals surface area contributed by atoms with Gasteiger partial charge in [-0.05, 0) is 19.1 Å². The molecule has 0 saturated carbocycles. The molecule has 0 aliphatic heterocycles. The van der Waals surface area contributed by atoms with Crippen LogP contribution in [-0.4, -0.2) is 16.5 Å². The van der Waals surface area contributed by atoms with Crippen LogP contribution in [0.4, 0.5) is 0 Å². The van der Waals surface area contributed by atoms with E-state index in [-0.39, 0.29) is 4.90 Å². The maximum atomic E-state index is 12.7. The first kappa shape index (κ1) is 19.0. The average Bonchev–Trinajstić information content (AvgIpc) is 2.52. The van der Waals surface area contributed by atoms with Gasteiger partial charge in [-0.1, -0.05) is 83.6 Å². The van der Waals surface area contributed by atoms with Crippen LogP contribution in [0.5, 0.6) is 0 Å². The molecule has 128 valence electrons. The second-order valence-corrected chi connectivity index (χ2v) is 14.7. The summed E-state index contributed by atoms with van der Waals surface area (Å²) < 4.78 is 31.8. The van der Waals surface area contributed by atoms with E-state index in [2.05, 4.69) is 35.6 Å². The lowest BCUT2D eigenvalue weighted by molar-refractivity contribution is 0.463. The molecular formula is C18H21BrO3SSi. The van der Waals surface area contributed by atoms with Crippen LogP contribution in [-0.2, 0) is 14.3 Å². The molecule has 0 radical (unpaired) electrons. The van der Waals surface area contributed by atoms with E-state index in [1.54, 1.807) is 24.3 Å². The zero-order valence-corrected chi connectivity index (χ0v) is 17.6. The van der Waals surface area contributed by atoms with E-state index in [0.717, 1.165) is 15.2 Å². The molecule has 2 aromatic carbocycles. The van der Waals surface area contributed by atoms with Crippen LogP contribution in [0.2, 0.25) is 19.6 Å². The van der Waals surface area contributed by atoms with E-state index in [1.807, 2.05) is 37.3 Å². The molecule has 6 heteroatoms. The molecule has 2 aromatic rings. The van der Waals surface area contributed by atoms with E-state index in [9.17, 15) is 8.42 Å². The number of hydrogen-bond donors (Lipinski definition) is 0. The van der Waals surface area contributed by atoms with Gasteiger partial charge in [-0.25, -0.2) is 0 Å². The van der Waals surface area contributed by atoms with Crippen molar-refractivity contribution in [3.05, 3.63) is 69.8 Å². The number of rotatable bonds is 5. The summed E-state index contributed by atoms with van der Waals surface area (Å²) in [5.41, 5.74) is 1.73. The number of benzene rings is 2. The Balaban J connectivity index is 2.52. The molecule has 0 saturated heterocycles. The Labute approximate surface area is 153 Å². The molecule has 0 unspecified atom stereocenters. The van der Waals surface area contributed by atoms with E-state index in [4.69, 9.17) is 4.18 Å². The van der Waals surface area contributed by atoms with Crippen molar-refractivity contribution in [3.63, 3.8) is 0 Å². The minimum atomic E-state index is -3.90. The Morgan fingerprint density at radius 2 is 1.50 bits per heavy atom. The van der Waals surface area contributed by atoms with Crippen molar-refractivity contribution in [1.29, 1.82) is 0 Å². The Morgan fingerprint density at radius 3 is 2.00 bits per heavy atom. The highest BCUT2D eigenvalue weighted by atomic mass is 79.9. The van der Waals surface area contributed by atoms with Crippen LogP contribution in [0.25, 0.3) is 5.76 Å². The summed E-state index contributed by atoms with van der Waals surface area (Å²) in [6, 6.07) is 16.0. The number of halogens is 1. The van der Waals surface area contributed by atoms with Crippen LogP contribution >= 0.6 is 15.9 Å². The van der Waals surface area contributed by atoms with Crippen molar-refractivity contribution >= 4 is 39.9 Å².